The van der Waals surface area contributed by atoms with Gasteiger partial charge in [0.05, 0.1) is 6.54 Å². The van der Waals surface area contributed by atoms with Crippen molar-refractivity contribution in [2.75, 3.05) is 31.6 Å². The standard InChI is InChI=1S/C16H23N5O/c1-5-8-17-16(22)20(4)14-6-9-21(10-7-14)15-11-12(2)18-13(3)19-15/h1,11,14H,6-10H2,2-4H3,(H,17,22). The molecule has 0 aromatic carbocycles. The van der Waals surface area contributed by atoms with Gasteiger partial charge in [0.15, 0.2) is 0 Å². The lowest BCUT2D eigenvalue weighted by Crippen LogP contribution is -2.49. The van der Waals surface area contributed by atoms with Crippen LogP contribution in [0.3, 0.4) is 0 Å². The fraction of sp³-hybridized carbons (Fsp3) is 0.562. The summed E-state index contributed by atoms with van der Waals surface area (Å²) in [5, 5.41) is 2.70. The zero-order valence-electron chi connectivity index (χ0n) is 13.5. The van der Waals surface area contributed by atoms with E-state index in [9.17, 15) is 4.79 Å². The predicted octanol–water partition coefficient (Wildman–Crippen LogP) is 1.34. The second kappa shape index (κ2) is 7.12. The highest BCUT2D eigenvalue weighted by molar-refractivity contribution is 5.74. The van der Waals surface area contributed by atoms with Crippen molar-refractivity contribution in [1.29, 1.82) is 0 Å². The molecule has 1 N–H and O–H groups in total. The van der Waals surface area contributed by atoms with Gasteiger partial charge in [0.25, 0.3) is 0 Å². The van der Waals surface area contributed by atoms with Crippen molar-refractivity contribution >= 4 is 11.8 Å². The average molecular weight is 301 g/mol. The number of piperidine rings is 1. The summed E-state index contributed by atoms with van der Waals surface area (Å²) in [7, 11) is 1.82. The lowest BCUT2D eigenvalue weighted by Gasteiger charge is -2.37. The molecular formula is C16H23N5O. The average Bonchev–Trinajstić information content (AvgIpc) is 2.51. The topological polar surface area (TPSA) is 61.4 Å². The molecule has 1 aliphatic heterocycles. The van der Waals surface area contributed by atoms with Crippen LogP contribution in [-0.4, -0.2) is 53.6 Å². The van der Waals surface area contributed by atoms with Gasteiger partial charge < -0.3 is 15.1 Å². The minimum atomic E-state index is -0.106. The molecule has 2 rings (SSSR count). The number of hydrogen-bond acceptors (Lipinski definition) is 4. The third-order valence-corrected chi connectivity index (χ3v) is 3.95. The Balaban J connectivity index is 1.92. The van der Waals surface area contributed by atoms with Crippen LogP contribution in [0.5, 0.6) is 0 Å². The number of aromatic nitrogens is 2. The van der Waals surface area contributed by atoms with Gasteiger partial charge in [0.1, 0.15) is 11.6 Å². The lowest BCUT2D eigenvalue weighted by atomic mass is 10.0. The van der Waals surface area contributed by atoms with Crippen molar-refractivity contribution in [3.05, 3.63) is 17.6 Å². The summed E-state index contributed by atoms with van der Waals surface area (Å²) in [5.41, 5.74) is 0.982. The molecular weight excluding hydrogens is 278 g/mol. The molecule has 6 nitrogen and oxygen atoms in total. The normalized spacial score (nSPS) is 15.3. The van der Waals surface area contributed by atoms with E-state index < -0.39 is 0 Å². The van der Waals surface area contributed by atoms with E-state index in [1.54, 1.807) is 4.90 Å². The number of carbonyl (C=O) groups is 1. The predicted molar refractivity (Wildman–Crippen MR) is 86.7 cm³/mol. The van der Waals surface area contributed by atoms with Crippen molar-refractivity contribution in [2.45, 2.75) is 32.7 Å². The number of carbonyl (C=O) groups excluding carboxylic acids is 1. The largest absolute Gasteiger partial charge is 0.356 e. The van der Waals surface area contributed by atoms with Gasteiger partial charge in [-0.05, 0) is 26.7 Å². The first-order chi connectivity index (χ1) is 10.5. The zero-order valence-corrected chi connectivity index (χ0v) is 13.5. The Kier molecular flexibility index (Phi) is 5.21. The number of amides is 2. The van der Waals surface area contributed by atoms with Gasteiger partial charge in [-0.1, -0.05) is 5.92 Å². The SMILES string of the molecule is C#CCNC(=O)N(C)C1CCN(c2cc(C)nc(C)n2)CC1. The Labute approximate surface area is 131 Å². The van der Waals surface area contributed by atoms with Crippen LogP contribution in [0.25, 0.3) is 0 Å². The Hall–Kier alpha value is -2.29. The van der Waals surface area contributed by atoms with Gasteiger partial charge in [-0.25, -0.2) is 14.8 Å². The van der Waals surface area contributed by atoms with E-state index in [1.165, 1.54) is 0 Å². The van der Waals surface area contributed by atoms with Crippen molar-refractivity contribution in [3.63, 3.8) is 0 Å². The van der Waals surface area contributed by atoms with E-state index in [1.807, 2.05) is 27.0 Å². The van der Waals surface area contributed by atoms with Gasteiger partial charge in [0, 0.05) is 37.9 Å². The molecule has 0 spiro atoms. The number of urea groups is 1. The molecule has 1 aliphatic rings. The van der Waals surface area contributed by atoms with E-state index in [2.05, 4.69) is 26.1 Å². The van der Waals surface area contributed by atoms with Crippen LogP contribution in [0.15, 0.2) is 6.07 Å². The van der Waals surface area contributed by atoms with Crippen LogP contribution in [0.4, 0.5) is 10.6 Å². The van der Waals surface area contributed by atoms with E-state index in [0.717, 1.165) is 43.3 Å². The van der Waals surface area contributed by atoms with Gasteiger partial charge in [-0.2, -0.15) is 0 Å². The molecule has 2 amide bonds. The second-order valence-electron chi connectivity index (χ2n) is 5.61. The molecule has 2 heterocycles. The van der Waals surface area contributed by atoms with Crippen LogP contribution in [0.2, 0.25) is 0 Å². The van der Waals surface area contributed by atoms with E-state index >= 15 is 0 Å². The highest BCUT2D eigenvalue weighted by Gasteiger charge is 2.25. The van der Waals surface area contributed by atoms with Crippen LogP contribution in [0.1, 0.15) is 24.4 Å². The first-order valence-corrected chi connectivity index (χ1v) is 7.52. The van der Waals surface area contributed by atoms with E-state index in [0.29, 0.717) is 0 Å². The molecule has 0 bridgehead atoms. The summed E-state index contributed by atoms with van der Waals surface area (Å²) < 4.78 is 0. The molecule has 0 atom stereocenters. The molecule has 1 aromatic rings. The third kappa shape index (κ3) is 3.88. The van der Waals surface area contributed by atoms with Crippen molar-refractivity contribution in [1.82, 2.24) is 20.2 Å². The Bertz CT molecular complexity index is 552. The Morgan fingerprint density at radius 1 is 1.45 bits per heavy atom. The minimum absolute atomic E-state index is 0.106. The fourth-order valence-electron chi connectivity index (χ4n) is 2.76. The summed E-state index contributed by atoms with van der Waals surface area (Å²) in [6.07, 6.45) is 7.00. The minimum Gasteiger partial charge on any atom is -0.356 e. The Morgan fingerprint density at radius 2 is 2.14 bits per heavy atom. The van der Waals surface area contributed by atoms with Crippen LogP contribution in [0, 0.1) is 26.2 Å². The van der Waals surface area contributed by atoms with Gasteiger partial charge in [-0.15, -0.1) is 6.42 Å². The number of terminal acetylenes is 1. The highest BCUT2D eigenvalue weighted by atomic mass is 16.2. The van der Waals surface area contributed by atoms with E-state index in [4.69, 9.17) is 6.42 Å². The molecule has 0 saturated carbocycles. The van der Waals surface area contributed by atoms with Crippen molar-refractivity contribution in [2.24, 2.45) is 0 Å². The van der Waals surface area contributed by atoms with Crippen LogP contribution in [-0.2, 0) is 0 Å². The Morgan fingerprint density at radius 3 is 2.73 bits per heavy atom. The molecule has 0 aliphatic carbocycles. The van der Waals surface area contributed by atoms with Gasteiger partial charge in [-0.3, -0.25) is 0 Å². The molecule has 0 unspecified atom stereocenters. The van der Waals surface area contributed by atoms with Crippen molar-refractivity contribution < 1.29 is 4.79 Å². The quantitative estimate of drug-likeness (QED) is 0.856. The monoisotopic (exact) mass is 301 g/mol. The van der Waals surface area contributed by atoms with Crippen LogP contribution >= 0.6 is 0 Å². The zero-order chi connectivity index (χ0) is 16.1. The maximum atomic E-state index is 11.9. The number of nitrogens with zero attached hydrogens (tertiary/aromatic N) is 4. The summed E-state index contributed by atoms with van der Waals surface area (Å²) >= 11 is 0. The number of hydrogen-bond donors (Lipinski definition) is 1. The summed E-state index contributed by atoms with van der Waals surface area (Å²) in [6, 6.07) is 2.14. The van der Waals surface area contributed by atoms with E-state index in [-0.39, 0.29) is 18.6 Å². The molecule has 1 fully saturated rings. The lowest BCUT2D eigenvalue weighted by molar-refractivity contribution is 0.181. The van der Waals surface area contributed by atoms with Crippen LogP contribution < -0.4 is 10.2 Å². The molecule has 1 aromatic heterocycles. The number of rotatable bonds is 3. The maximum absolute atomic E-state index is 11.9. The maximum Gasteiger partial charge on any atom is 0.318 e. The molecule has 0 radical (unpaired) electrons. The smallest absolute Gasteiger partial charge is 0.318 e. The molecule has 22 heavy (non-hydrogen) atoms. The number of nitrogens with one attached hydrogen (secondary N) is 1. The summed E-state index contributed by atoms with van der Waals surface area (Å²) in [4.78, 5) is 24.7. The summed E-state index contributed by atoms with van der Waals surface area (Å²) in [6.45, 7) is 5.92. The molecule has 6 heteroatoms. The summed E-state index contributed by atoms with van der Waals surface area (Å²) in [5.74, 6) is 4.18. The first kappa shape index (κ1) is 16.1. The highest BCUT2D eigenvalue weighted by Crippen LogP contribution is 2.21. The first-order valence-electron chi connectivity index (χ1n) is 7.52. The van der Waals surface area contributed by atoms with Gasteiger partial charge >= 0.3 is 6.03 Å². The van der Waals surface area contributed by atoms with Crippen molar-refractivity contribution in [3.8, 4) is 12.3 Å². The fourth-order valence-corrected chi connectivity index (χ4v) is 2.76. The number of anilines is 1. The van der Waals surface area contributed by atoms with Gasteiger partial charge in [0.2, 0.25) is 0 Å². The number of aryl methyl sites for hydroxylation is 2. The second-order valence-corrected chi connectivity index (χ2v) is 5.61. The third-order valence-electron chi connectivity index (χ3n) is 3.95. The molecule has 118 valence electrons. The molecule has 1 saturated heterocycles.